The minimum Gasteiger partial charge on any atom is -0.396 e. The van der Waals surface area contributed by atoms with Crippen LogP contribution in [0.25, 0.3) is 0 Å². The van der Waals surface area contributed by atoms with Gasteiger partial charge in [-0.15, -0.1) is 0 Å². The van der Waals surface area contributed by atoms with Crippen molar-refractivity contribution in [3.8, 4) is 0 Å². The van der Waals surface area contributed by atoms with Gasteiger partial charge in [-0.05, 0) is 41.5 Å². The number of aliphatic hydroxyl groups excluding tert-OH is 2. The van der Waals surface area contributed by atoms with E-state index in [2.05, 4.69) is 55.5 Å². The molecule has 0 aromatic heterocycles. The van der Waals surface area contributed by atoms with E-state index in [1.54, 1.807) is 0 Å². The lowest BCUT2D eigenvalue weighted by Gasteiger charge is -2.17. The van der Waals surface area contributed by atoms with Gasteiger partial charge in [0.15, 0.2) is 0 Å². The van der Waals surface area contributed by atoms with Crippen LogP contribution in [0.1, 0.15) is 41.5 Å². The summed E-state index contributed by atoms with van der Waals surface area (Å²) in [5.74, 6) is 0.399. The second kappa shape index (κ2) is 7.96. The molecule has 2 rings (SSSR count). The molecule has 0 fully saturated rings. The van der Waals surface area contributed by atoms with Gasteiger partial charge in [0.05, 0.1) is 0 Å². The standard InChI is InChI=1S/C19H24O2/c1-2-19(17-7-3-15(4-8-17)11-13-20)18-9-5-16(6-10-18)12-14-21/h3-10,19-21H,2,11-14H2,1H3. The first kappa shape index (κ1) is 15.7. The van der Waals surface area contributed by atoms with Crippen molar-refractivity contribution in [2.45, 2.75) is 32.1 Å². The van der Waals surface area contributed by atoms with Crippen LogP contribution in [-0.4, -0.2) is 23.4 Å². The topological polar surface area (TPSA) is 40.5 Å². The van der Waals surface area contributed by atoms with E-state index in [4.69, 9.17) is 10.2 Å². The second-order valence-electron chi connectivity index (χ2n) is 5.39. The number of hydrogen-bond acceptors (Lipinski definition) is 2. The highest BCUT2D eigenvalue weighted by Gasteiger charge is 2.12. The van der Waals surface area contributed by atoms with Crippen molar-refractivity contribution in [3.05, 3.63) is 70.8 Å². The Kier molecular flexibility index (Phi) is 5.97. The van der Waals surface area contributed by atoms with E-state index in [1.807, 2.05) is 0 Å². The van der Waals surface area contributed by atoms with Crippen LogP contribution in [0.15, 0.2) is 48.5 Å². The maximum Gasteiger partial charge on any atom is 0.0471 e. The largest absolute Gasteiger partial charge is 0.396 e. The number of aliphatic hydroxyl groups is 2. The van der Waals surface area contributed by atoms with Crippen LogP contribution in [0.2, 0.25) is 0 Å². The predicted molar refractivity (Wildman–Crippen MR) is 86.6 cm³/mol. The van der Waals surface area contributed by atoms with Crippen molar-refractivity contribution in [3.63, 3.8) is 0 Å². The highest BCUT2D eigenvalue weighted by Crippen LogP contribution is 2.28. The average Bonchev–Trinajstić information content (AvgIpc) is 2.52. The van der Waals surface area contributed by atoms with Crippen molar-refractivity contribution < 1.29 is 10.2 Å². The maximum atomic E-state index is 8.97. The summed E-state index contributed by atoms with van der Waals surface area (Å²) in [4.78, 5) is 0. The molecule has 0 amide bonds. The van der Waals surface area contributed by atoms with Gasteiger partial charge in [0, 0.05) is 19.1 Å². The van der Waals surface area contributed by atoms with E-state index in [9.17, 15) is 0 Å². The van der Waals surface area contributed by atoms with Crippen LogP contribution in [-0.2, 0) is 12.8 Å². The zero-order valence-corrected chi connectivity index (χ0v) is 12.6. The van der Waals surface area contributed by atoms with E-state index in [1.165, 1.54) is 22.3 Å². The Labute approximate surface area is 127 Å². The third kappa shape index (κ3) is 4.16. The van der Waals surface area contributed by atoms with Gasteiger partial charge in [0.2, 0.25) is 0 Å². The van der Waals surface area contributed by atoms with Crippen LogP contribution in [0, 0.1) is 0 Å². The molecule has 2 aromatic carbocycles. The molecule has 0 bridgehead atoms. The molecule has 0 atom stereocenters. The molecule has 0 spiro atoms. The minimum absolute atomic E-state index is 0.197. The van der Waals surface area contributed by atoms with E-state index < -0.39 is 0 Å². The maximum absolute atomic E-state index is 8.97. The first-order chi connectivity index (χ1) is 10.3. The second-order valence-corrected chi connectivity index (χ2v) is 5.39. The number of rotatable bonds is 7. The molecule has 0 aliphatic carbocycles. The molecule has 0 aliphatic heterocycles. The Bertz CT molecular complexity index is 479. The lowest BCUT2D eigenvalue weighted by molar-refractivity contribution is 0.299. The van der Waals surface area contributed by atoms with Crippen molar-refractivity contribution >= 4 is 0 Å². The molecule has 0 aliphatic rings. The highest BCUT2D eigenvalue weighted by atomic mass is 16.3. The molecule has 0 radical (unpaired) electrons. The molecule has 2 N–H and O–H groups in total. The molecule has 112 valence electrons. The van der Waals surface area contributed by atoms with Crippen molar-refractivity contribution in [2.75, 3.05) is 13.2 Å². The fraction of sp³-hybridized carbons (Fsp3) is 0.368. The third-order valence-electron chi connectivity index (χ3n) is 3.97. The van der Waals surface area contributed by atoms with E-state index >= 15 is 0 Å². The molecule has 2 heteroatoms. The van der Waals surface area contributed by atoms with Gasteiger partial charge in [0.25, 0.3) is 0 Å². The molecular weight excluding hydrogens is 260 g/mol. The van der Waals surface area contributed by atoms with E-state index in [0.717, 1.165) is 6.42 Å². The SMILES string of the molecule is CCC(c1ccc(CCO)cc1)c1ccc(CCO)cc1. The highest BCUT2D eigenvalue weighted by molar-refractivity contribution is 5.35. The zero-order valence-electron chi connectivity index (χ0n) is 12.6. The summed E-state index contributed by atoms with van der Waals surface area (Å²) in [6, 6.07) is 17.1. The molecular formula is C19H24O2. The van der Waals surface area contributed by atoms with Gasteiger partial charge in [-0.2, -0.15) is 0 Å². The monoisotopic (exact) mass is 284 g/mol. The average molecular weight is 284 g/mol. The summed E-state index contributed by atoms with van der Waals surface area (Å²) in [7, 11) is 0. The summed E-state index contributed by atoms with van der Waals surface area (Å²) in [5, 5.41) is 17.9. The smallest absolute Gasteiger partial charge is 0.0471 e. The first-order valence-electron chi connectivity index (χ1n) is 7.68. The van der Waals surface area contributed by atoms with Gasteiger partial charge < -0.3 is 10.2 Å². The molecule has 2 aromatic rings. The van der Waals surface area contributed by atoms with Gasteiger partial charge in [0.1, 0.15) is 0 Å². The molecule has 2 nitrogen and oxygen atoms in total. The lowest BCUT2D eigenvalue weighted by Crippen LogP contribution is -2.01. The van der Waals surface area contributed by atoms with Crippen LogP contribution in [0.4, 0.5) is 0 Å². The fourth-order valence-electron chi connectivity index (χ4n) is 2.76. The molecule has 0 saturated carbocycles. The number of benzene rings is 2. The van der Waals surface area contributed by atoms with Gasteiger partial charge in [-0.25, -0.2) is 0 Å². The summed E-state index contributed by atoms with van der Waals surface area (Å²) >= 11 is 0. The van der Waals surface area contributed by atoms with Crippen molar-refractivity contribution in [1.29, 1.82) is 0 Å². The van der Waals surface area contributed by atoms with Crippen molar-refractivity contribution in [1.82, 2.24) is 0 Å². The van der Waals surface area contributed by atoms with Crippen LogP contribution < -0.4 is 0 Å². The quantitative estimate of drug-likeness (QED) is 0.819. The molecule has 21 heavy (non-hydrogen) atoms. The third-order valence-corrected chi connectivity index (χ3v) is 3.97. The van der Waals surface area contributed by atoms with Gasteiger partial charge in [-0.1, -0.05) is 55.5 Å². The fourth-order valence-corrected chi connectivity index (χ4v) is 2.76. The van der Waals surface area contributed by atoms with Gasteiger partial charge >= 0.3 is 0 Å². The summed E-state index contributed by atoms with van der Waals surface area (Å²) < 4.78 is 0. The minimum atomic E-state index is 0.197. The van der Waals surface area contributed by atoms with Gasteiger partial charge in [-0.3, -0.25) is 0 Å². The van der Waals surface area contributed by atoms with Crippen molar-refractivity contribution in [2.24, 2.45) is 0 Å². The molecule has 0 saturated heterocycles. The van der Waals surface area contributed by atoms with E-state index in [-0.39, 0.29) is 13.2 Å². The Morgan fingerprint density at radius 3 is 1.38 bits per heavy atom. The normalized spacial score (nSPS) is 11.0. The van der Waals surface area contributed by atoms with Crippen LogP contribution in [0.3, 0.4) is 0 Å². The van der Waals surface area contributed by atoms with Crippen LogP contribution >= 0.6 is 0 Å². The lowest BCUT2D eigenvalue weighted by atomic mass is 9.88. The zero-order chi connectivity index (χ0) is 15.1. The van der Waals surface area contributed by atoms with Crippen LogP contribution in [0.5, 0.6) is 0 Å². The summed E-state index contributed by atoms with van der Waals surface area (Å²) in [6.07, 6.45) is 2.48. The Morgan fingerprint density at radius 2 is 1.10 bits per heavy atom. The Balaban J connectivity index is 2.18. The summed E-state index contributed by atoms with van der Waals surface area (Å²) in [6.45, 7) is 2.60. The first-order valence-corrected chi connectivity index (χ1v) is 7.68. The summed E-state index contributed by atoms with van der Waals surface area (Å²) in [5.41, 5.74) is 4.98. The molecule has 0 heterocycles. The predicted octanol–water partition coefficient (Wildman–Crippen LogP) is 3.30. The van der Waals surface area contributed by atoms with E-state index in [0.29, 0.717) is 18.8 Å². The Morgan fingerprint density at radius 1 is 0.714 bits per heavy atom. The Hall–Kier alpha value is -1.64. The molecule has 0 unspecified atom stereocenters. The number of hydrogen-bond donors (Lipinski definition) is 2.